The summed E-state index contributed by atoms with van der Waals surface area (Å²) in [7, 11) is 4.60. The van der Waals surface area contributed by atoms with Crippen LogP contribution >= 0.6 is 0 Å². The third-order valence-corrected chi connectivity index (χ3v) is 0.201. The fraction of sp³-hybridized carbons (Fsp3) is 0.667. The summed E-state index contributed by atoms with van der Waals surface area (Å²) >= 11 is 0. The van der Waals surface area contributed by atoms with E-state index < -0.39 is 0 Å². The van der Waals surface area contributed by atoms with Crippen LogP contribution < -0.4 is 0 Å². The van der Waals surface area contributed by atoms with Gasteiger partial charge in [0.25, 0.3) is 0 Å². The quantitative estimate of drug-likeness (QED) is 0.442. The van der Waals surface area contributed by atoms with E-state index in [0.29, 0.717) is 0 Å². The van der Waals surface area contributed by atoms with Gasteiger partial charge < -0.3 is 9.47 Å². The third kappa shape index (κ3) is 3.92. The van der Waals surface area contributed by atoms with Gasteiger partial charge in [-0.15, -0.1) is 0 Å². The molecule has 0 fully saturated rings. The van der Waals surface area contributed by atoms with Gasteiger partial charge in [-0.1, -0.05) is 0 Å². The Balaban J connectivity index is 2.19. The highest BCUT2D eigenvalue weighted by molar-refractivity contribution is 3.95. The molecule has 0 aromatic rings. The molecule has 1 radical (unpaired) electrons. The first-order valence-electron chi connectivity index (χ1n) is 1.27. The van der Waals surface area contributed by atoms with E-state index in [9.17, 15) is 0 Å². The number of rotatable bonds is 2. The van der Waals surface area contributed by atoms with Crippen LogP contribution in [-0.2, 0) is 9.47 Å². The molecule has 2 nitrogen and oxygen atoms in total. The second-order valence-corrected chi connectivity index (χ2v) is 0.611. The van der Waals surface area contributed by atoms with Crippen molar-refractivity contribution in [2.24, 2.45) is 0 Å². The predicted molar refractivity (Wildman–Crippen MR) is 18.3 cm³/mol. The SMILES string of the molecule is [CH2]OCOC. The predicted octanol–water partition coefficient (Wildman–Crippen LogP) is 0.398. The highest BCUT2D eigenvalue weighted by Crippen LogP contribution is 1.63. The maximum atomic E-state index is 4.41. The molecule has 0 amide bonds. The molecule has 2 heteroatoms. The first-order valence-corrected chi connectivity index (χ1v) is 1.27. The van der Waals surface area contributed by atoms with Crippen molar-refractivity contribution in [3.8, 4) is 0 Å². The zero-order valence-electron chi connectivity index (χ0n) is 3.23. The van der Waals surface area contributed by atoms with E-state index in [1.165, 1.54) is 0 Å². The molecule has 0 heterocycles. The van der Waals surface area contributed by atoms with Crippen molar-refractivity contribution in [2.75, 3.05) is 13.9 Å². The first-order chi connectivity index (χ1) is 2.41. The molecule has 0 saturated carbocycles. The van der Waals surface area contributed by atoms with E-state index in [-0.39, 0.29) is 6.79 Å². The van der Waals surface area contributed by atoms with E-state index >= 15 is 0 Å². The monoisotopic (exact) mass is 75.0 g/mol. The van der Waals surface area contributed by atoms with Crippen LogP contribution in [0.25, 0.3) is 0 Å². The topological polar surface area (TPSA) is 18.5 Å². The molecular formula is C3H7O2. The number of hydrogen-bond donors (Lipinski definition) is 0. The second-order valence-electron chi connectivity index (χ2n) is 0.611. The summed E-state index contributed by atoms with van der Waals surface area (Å²) in [5.74, 6) is 0. The van der Waals surface area contributed by atoms with Crippen LogP contribution in [0.1, 0.15) is 0 Å². The molecule has 0 aliphatic heterocycles. The summed E-state index contributed by atoms with van der Waals surface area (Å²) < 4.78 is 8.62. The molecule has 0 bridgehead atoms. The lowest BCUT2D eigenvalue weighted by Crippen LogP contribution is -1.85. The van der Waals surface area contributed by atoms with Crippen LogP contribution in [0.3, 0.4) is 0 Å². The Morgan fingerprint density at radius 2 is 2.40 bits per heavy atom. The molecule has 0 atom stereocenters. The van der Waals surface area contributed by atoms with Crippen LogP contribution in [0.4, 0.5) is 0 Å². The lowest BCUT2D eigenvalue weighted by Gasteiger charge is -1.87. The first kappa shape index (κ1) is 4.92. The van der Waals surface area contributed by atoms with Crippen LogP contribution in [0.2, 0.25) is 0 Å². The Kier molecular flexibility index (Phi) is 3.86. The molecule has 0 aliphatic rings. The normalized spacial score (nSPS) is 8.40. The number of ether oxygens (including phenoxy) is 2. The van der Waals surface area contributed by atoms with Gasteiger partial charge in [0.15, 0.2) is 0 Å². The Labute approximate surface area is 31.7 Å². The highest BCUT2D eigenvalue weighted by Gasteiger charge is 1.63. The molecule has 0 saturated heterocycles. The maximum Gasteiger partial charge on any atom is 0.146 e. The van der Waals surface area contributed by atoms with Gasteiger partial charge in [0.2, 0.25) is 0 Å². The van der Waals surface area contributed by atoms with Crippen LogP contribution in [-0.4, -0.2) is 13.9 Å². The third-order valence-electron chi connectivity index (χ3n) is 0.201. The van der Waals surface area contributed by atoms with Crippen molar-refractivity contribution >= 4 is 0 Å². The molecule has 0 N–H and O–H groups in total. The van der Waals surface area contributed by atoms with Crippen LogP contribution in [0.5, 0.6) is 0 Å². The molecule has 0 unspecified atom stereocenters. The molecule has 5 heavy (non-hydrogen) atoms. The van der Waals surface area contributed by atoms with E-state index in [2.05, 4.69) is 16.6 Å². The zero-order valence-corrected chi connectivity index (χ0v) is 3.23. The molecule has 0 aliphatic carbocycles. The minimum absolute atomic E-state index is 0.278. The van der Waals surface area contributed by atoms with Crippen molar-refractivity contribution in [1.29, 1.82) is 0 Å². The minimum Gasteiger partial charge on any atom is -0.359 e. The van der Waals surface area contributed by atoms with Gasteiger partial charge in [-0.2, -0.15) is 0 Å². The fourth-order valence-electron chi connectivity index (χ4n) is 0.0833. The van der Waals surface area contributed by atoms with Gasteiger partial charge in [-0.25, -0.2) is 0 Å². The van der Waals surface area contributed by atoms with E-state index in [0.717, 1.165) is 0 Å². The van der Waals surface area contributed by atoms with Crippen molar-refractivity contribution in [2.45, 2.75) is 0 Å². The molecule has 31 valence electrons. The smallest absolute Gasteiger partial charge is 0.146 e. The maximum absolute atomic E-state index is 4.41. The minimum atomic E-state index is 0.278. The molecule has 0 spiro atoms. The van der Waals surface area contributed by atoms with Crippen molar-refractivity contribution in [1.82, 2.24) is 0 Å². The Morgan fingerprint density at radius 1 is 1.80 bits per heavy atom. The van der Waals surface area contributed by atoms with Gasteiger partial charge in [0.05, 0.1) is 7.11 Å². The van der Waals surface area contributed by atoms with Crippen molar-refractivity contribution in [3.05, 3.63) is 7.11 Å². The molecule has 0 aromatic carbocycles. The van der Waals surface area contributed by atoms with Crippen LogP contribution in [0.15, 0.2) is 0 Å². The summed E-state index contributed by atoms with van der Waals surface area (Å²) in [6.45, 7) is 0.278. The van der Waals surface area contributed by atoms with Gasteiger partial charge in [0, 0.05) is 7.11 Å². The Morgan fingerprint density at radius 3 is 2.40 bits per heavy atom. The van der Waals surface area contributed by atoms with Crippen molar-refractivity contribution < 1.29 is 9.47 Å². The highest BCUT2D eigenvalue weighted by atomic mass is 16.6. The zero-order chi connectivity index (χ0) is 4.12. The number of hydrogen-bond acceptors (Lipinski definition) is 2. The van der Waals surface area contributed by atoms with Gasteiger partial charge in [0.1, 0.15) is 6.79 Å². The van der Waals surface area contributed by atoms with E-state index in [4.69, 9.17) is 0 Å². The van der Waals surface area contributed by atoms with Gasteiger partial charge in [-0.3, -0.25) is 0 Å². The van der Waals surface area contributed by atoms with E-state index in [1.807, 2.05) is 0 Å². The lowest BCUT2D eigenvalue weighted by atomic mass is 11.4. The summed E-state index contributed by atoms with van der Waals surface area (Å²) in [6, 6.07) is 0. The summed E-state index contributed by atoms with van der Waals surface area (Å²) in [5.41, 5.74) is 0. The second kappa shape index (κ2) is 3.92. The Hall–Kier alpha value is -0.0800. The number of methoxy groups -OCH3 is 1. The average Bonchev–Trinajstić information content (AvgIpc) is 1.41. The largest absolute Gasteiger partial charge is 0.359 e. The molecule has 0 aromatic heterocycles. The fourth-order valence-corrected chi connectivity index (χ4v) is 0.0833. The van der Waals surface area contributed by atoms with Crippen LogP contribution in [0, 0.1) is 7.11 Å². The van der Waals surface area contributed by atoms with Gasteiger partial charge >= 0.3 is 0 Å². The molecular weight excluding hydrogens is 68.0 g/mol. The lowest BCUT2D eigenvalue weighted by molar-refractivity contribution is 0.0164. The van der Waals surface area contributed by atoms with Gasteiger partial charge in [-0.05, 0) is 0 Å². The Bertz CT molecular complexity index is 12.4. The average molecular weight is 75.1 g/mol. The standard InChI is InChI=1S/C3H7O2/c1-4-3-5-2/h1,3H2,2H3. The molecule has 0 rings (SSSR count). The van der Waals surface area contributed by atoms with Crippen molar-refractivity contribution in [3.63, 3.8) is 0 Å². The summed E-state index contributed by atoms with van der Waals surface area (Å²) in [4.78, 5) is 0. The summed E-state index contributed by atoms with van der Waals surface area (Å²) in [5, 5.41) is 0. The summed E-state index contributed by atoms with van der Waals surface area (Å²) in [6.07, 6.45) is 0. The van der Waals surface area contributed by atoms with E-state index in [1.54, 1.807) is 7.11 Å².